The summed E-state index contributed by atoms with van der Waals surface area (Å²) >= 11 is 0. The first kappa shape index (κ1) is 13.9. The highest BCUT2D eigenvalue weighted by Gasteiger charge is 2.49. The van der Waals surface area contributed by atoms with E-state index in [4.69, 9.17) is 9.47 Å². The molecule has 0 aromatic heterocycles. The maximum atomic E-state index is 12.6. The van der Waals surface area contributed by atoms with Gasteiger partial charge < -0.3 is 9.47 Å². The average Bonchev–Trinajstić information content (AvgIpc) is 2.78. The van der Waals surface area contributed by atoms with Gasteiger partial charge in [0.2, 0.25) is 11.8 Å². The first-order valence-corrected chi connectivity index (χ1v) is 7.27. The molecule has 5 heteroatoms. The van der Waals surface area contributed by atoms with Gasteiger partial charge in [0.25, 0.3) is 0 Å². The topological polar surface area (TPSA) is 55.8 Å². The van der Waals surface area contributed by atoms with Gasteiger partial charge in [-0.1, -0.05) is 12.8 Å². The predicted molar refractivity (Wildman–Crippen MR) is 77.5 cm³/mol. The van der Waals surface area contributed by atoms with Crippen LogP contribution >= 0.6 is 0 Å². The Labute approximate surface area is 123 Å². The molecule has 1 aliphatic carbocycles. The van der Waals surface area contributed by atoms with E-state index in [1.54, 1.807) is 25.3 Å². The van der Waals surface area contributed by atoms with E-state index >= 15 is 0 Å². The normalized spacial score (nSPS) is 25.0. The Morgan fingerprint density at radius 3 is 2.14 bits per heavy atom. The molecule has 21 heavy (non-hydrogen) atoms. The van der Waals surface area contributed by atoms with Crippen molar-refractivity contribution in [2.75, 3.05) is 19.1 Å². The molecule has 2 atom stereocenters. The Kier molecular flexibility index (Phi) is 3.57. The molecule has 2 amide bonds. The minimum absolute atomic E-state index is 0.101. The summed E-state index contributed by atoms with van der Waals surface area (Å²) in [5.41, 5.74) is 0.487. The maximum Gasteiger partial charge on any atom is 0.237 e. The Bertz CT molecular complexity index is 560. The molecule has 1 heterocycles. The monoisotopic (exact) mass is 289 g/mol. The molecule has 1 aliphatic heterocycles. The summed E-state index contributed by atoms with van der Waals surface area (Å²) in [6, 6.07) is 5.16. The van der Waals surface area contributed by atoms with Crippen LogP contribution in [-0.2, 0) is 9.59 Å². The number of fused-ring (bicyclic) bond motifs is 1. The van der Waals surface area contributed by atoms with E-state index in [1.807, 2.05) is 0 Å². The van der Waals surface area contributed by atoms with Gasteiger partial charge in [0.1, 0.15) is 11.5 Å². The molecule has 0 unspecified atom stereocenters. The predicted octanol–water partition coefficient (Wildman–Crippen LogP) is 2.38. The number of imide groups is 1. The molecule has 2 aliphatic rings. The lowest BCUT2D eigenvalue weighted by Gasteiger charge is -2.19. The van der Waals surface area contributed by atoms with Crippen LogP contribution in [0.1, 0.15) is 25.7 Å². The number of hydrogen-bond acceptors (Lipinski definition) is 4. The highest BCUT2D eigenvalue weighted by atomic mass is 16.5. The van der Waals surface area contributed by atoms with Crippen molar-refractivity contribution in [1.82, 2.24) is 0 Å². The second-order valence-electron chi connectivity index (χ2n) is 5.55. The number of hydrogen-bond donors (Lipinski definition) is 0. The van der Waals surface area contributed by atoms with Gasteiger partial charge in [-0.3, -0.25) is 9.59 Å². The zero-order valence-electron chi connectivity index (χ0n) is 12.3. The lowest BCUT2D eigenvalue weighted by atomic mass is 9.81. The van der Waals surface area contributed by atoms with E-state index in [0.29, 0.717) is 17.2 Å². The van der Waals surface area contributed by atoms with Crippen molar-refractivity contribution >= 4 is 17.5 Å². The zero-order valence-corrected chi connectivity index (χ0v) is 12.3. The van der Waals surface area contributed by atoms with E-state index in [-0.39, 0.29) is 23.7 Å². The standard InChI is InChI=1S/C16H19NO4/c1-20-10-7-8-14(21-2)13(9-10)17-15(18)11-5-3-4-6-12(11)16(17)19/h7-9,11-12H,3-6H2,1-2H3/t11-,12-/m1/s1. The van der Waals surface area contributed by atoms with Crippen molar-refractivity contribution in [1.29, 1.82) is 0 Å². The van der Waals surface area contributed by atoms with Gasteiger partial charge in [0, 0.05) is 6.07 Å². The minimum atomic E-state index is -0.165. The van der Waals surface area contributed by atoms with Crippen molar-refractivity contribution in [3.05, 3.63) is 18.2 Å². The molecular weight excluding hydrogens is 270 g/mol. The number of methoxy groups -OCH3 is 2. The second kappa shape index (κ2) is 5.39. The summed E-state index contributed by atoms with van der Waals surface area (Å²) in [5, 5.41) is 0. The van der Waals surface area contributed by atoms with Gasteiger partial charge in [0.05, 0.1) is 31.7 Å². The van der Waals surface area contributed by atoms with E-state index in [2.05, 4.69) is 0 Å². The number of anilines is 1. The van der Waals surface area contributed by atoms with Crippen molar-refractivity contribution in [2.24, 2.45) is 11.8 Å². The number of benzene rings is 1. The summed E-state index contributed by atoms with van der Waals surface area (Å²) in [6.45, 7) is 0. The van der Waals surface area contributed by atoms with Crippen molar-refractivity contribution in [3.8, 4) is 11.5 Å². The number of carbonyl (C=O) groups excluding carboxylic acids is 2. The molecule has 0 bridgehead atoms. The number of carbonyl (C=O) groups is 2. The van der Waals surface area contributed by atoms with E-state index in [9.17, 15) is 9.59 Å². The fraction of sp³-hybridized carbons (Fsp3) is 0.500. The molecule has 1 aromatic carbocycles. The van der Waals surface area contributed by atoms with Gasteiger partial charge in [0.15, 0.2) is 0 Å². The van der Waals surface area contributed by atoms with Crippen molar-refractivity contribution in [3.63, 3.8) is 0 Å². The Morgan fingerprint density at radius 2 is 1.62 bits per heavy atom. The number of rotatable bonds is 3. The number of amides is 2. The summed E-state index contributed by atoms with van der Waals surface area (Å²) in [4.78, 5) is 26.5. The third-order valence-corrected chi connectivity index (χ3v) is 4.47. The minimum Gasteiger partial charge on any atom is -0.497 e. The van der Waals surface area contributed by atoms with E-state index in [1.165, 1.54) is 12.0 Å². The third-order valence-electron chi connectivity index (χ3n) is 4.47. The van der Waals surface area contributed by atoms with Gasteiger partial charge in [-0.25, -0.2) is 4.90 Å². The fourth-order valence-corrected chi connectivity index (χ4v) is 3.37. The molecule has 1 aromatic rings. The largest absolute Gasteiger partial charge is 0.497 e. The van der Waals surface area contributed by atoms with E-state index < -0.39 is 0 Å². The molecule has 0 N–H and O–H groups in total. The average molecular weight is 289 g/mol. The van der Waals surface area contributed by atoms with Crippen LogP contribution in [-0.4, -0.2) is 26.0 Å². The first-order chi connectivity index (χ1) is 10.2. The molecule has 0 radical (unpaired) electrons. The van der Waals surface area contributed by atoms with E-state index in [0.717, 1.165) is 25.7 Å². The molecule has 2 fully saturated rings. The van der Waals surface area contributed by atoms with Crippen LogP contribution < -0.4 is 14.4 Å². The summed E-state index contributed by atoms with van der Waals surface area (Å²) in [7, 11) is 3.09. The molecule has 1 saturated heterocycles. The number of nitrogens with zero attached hydrogens (tertiary/aromatic N) is 1. The Morgan fingerprint density at radius 1 is 1.00 bits per heavy atom. The molecule has 1 saturated carbocycles. The molecular formula is C16H19NO4. The molecule has 0 spiro atoms. The van der Waals surface area contributed by atoms with Gasteiger partial charge in [-0.15, -0.1) is 0 Å². The van der Waals surface area contributed by atoms with Crippen LogP contribution in [0.15, 0.2) is 18.2 Å². The van der Waals surface area contributed by atoms with Crippen LogP contribution in [0.3, 0.4) is 0 Å². The zero-order chi connectivity index (χ0) is 15.0. The van der Waals surface area contributed by atoms with Gasteiger partial charge in [-0.05, 0) is 25.0 Å². The molecule has 3 rings (SSSR count). The van der Waals surface area contributed by atoms with Crippen LogP contribution in [0.4, 0.5) is 5.69 Å². The second-order valence-corrected chi connectivity index (χ2v) is 5.55. The smallest absolute Gasteiger partial charge is 0.237 e. The Hall–Kier alpha value is -2.04. The summed E-state index contributed by atoms with van der Waals surface area (Å²) in [5.74, 6) is 0.578. The van der Waals surface area contributed by atoms with Crippen LogP contribution in [0.2, 0.25) is 0 Å². The van der Waals surface area contributed by atoms with Crippen LogP contribution in [0, 0.1) is 11.8 Å². The SMILES string of the molecule is COc1ccc(OC)c(N2C(=O)[C@@H]3CCCC[C@H]3C2=O)c1. The quantitative estimate of drug-likeness (QED) is 0.802. The Balaban J connectivity index is 2.03. The fourth-order valence-electron chi connectivity index (χ4n) is 3.37. The maximum absolute atomic E-state index is 12.6. The van der Waals surface area contributed by atoms with Gasteiger partial charge >= 0.3 is 0 Å². The lowest BCUT2D eigenvalue weighted by Crippen LogP contribution is -2.31. The van der Waals surface area contributed by atoms with Crippen LogP contribution in [0.5, 0.6) is 11.5 Å². The van der Waals surface area contributed by atoms with Gasteiger partial charge in [-0.2, -0.15) is 0 Å². The highest BCUT2D eigenvalue weighted by Crippen LogP contribution is 2.43. The molecule has 112 valence electrons. The lowest BCUT2D eigenvalue weighted by molar-refractivity contribution is -0.122. The van der Waals surface area contributed by atoms with Crippen LogP contribution in [0.25, 0.3) is 0 Å². The molecule has 5 nitrogen and oxygen atoms in total. The third kappa shape index (κ3) is 2.17. The van der Waals surface area contributed by atoms with Crippen molar-refractivity contribution in [2.45, 2.75) is 25.7 Å². The van der Waals surface area contributed by atoms with Crippen molar-refractivity contribution < 1.29 is 19.1 Å². The summed E-state index contributed by atoms with van der Waals surface area (Å²) in [6.07, 6.45) is 3.64. The highest BCUT2D eigenvalue weighted by molar-refractivity contribution is 6.22. The first-order valence-electron chi connectivity index (χ1n) is 7.27. The summed E-state index contributed by atoms with van der Waals surface area (Å²) < 4.78 is 10.5. The number of ether oxygens (including phenoxy) is 2.